The van der Waals surface area contributed by atoms with Crippen LogP contribution in [0.1, 0.15) is 0 Å². The molecule has 0 saturated heterocycles. The summed E-state index contributed by atoms with van der Waals surface area (Å²) in [5.74, 6) is 0. The Hall–Kier alpha value is -7.62. The second-order valence-electron chi connectivity index (χ2n) is 14.6. The lowest BCUT2D eigenvalue weighted by molar-refractivity contribution is 0.669. The zero-order chi connectivity index (χ0) is 37.7. The van der Waals surface area contributed by atoms with Crippen LogP contribution in [0.2, 0.25) is 0 Å². The van der Waals surface area contributed by atoms with Gasteiger partial charge in [-0.25, -0.2) is 0 Å². The standard InChI is InChI=1S/C54H36N2O/c1-3-11-37(12-4-1)38-19-21-39(22-20-38)40-23-28-44(29-24-40)55(45-30-25-41(26-31-45)42-27-34-54-50(35-42)48-16-8-10-18-53(48)57-54)46-32-33-52-49(36-46)47-15-7-9-17-51(47)56(52)43-13-5-2-6-14-43/h1-36H. The lowest BCUT2D eigenvalue weighted by Gasteiger charge is -2.26. The largest absolute Gasteiger partial charge is 0.456 e. The number of fused-ring (bicyclic) bond motifs is 6. The Balaban J connectivity index is 1.01. The number of hydrogen-bond donors (Lipinski definition) is 0. The first-order valence-electron chi connectivity index (χ1n) is 19.4. The van der Waals surface area contributed by atoms with Crippen molar-refractivity contribution in [3.63, 3.8) is 0 Å². The molecule has 9 aromatic carbocycles. The van der Waals surface area contributed by atoms with Gasteiger partial charge in [0.15, 0.2) is 0 Å². The third-order valence-corrected chi connectivity index (χ3v) is 11.2. The molecule has 268 valence electrons. The molecular formula is C54H36N2O. The van der Waals surface area contributed by atoms with Crippen LogP contribution in [0.5, 0.6) is 0 Å². The molecule has 0 N–H and O–H groups in total. The van der Waals surface area contributed by atoms with Crippen LogP contribution in [-0.2, 0) is 0 Å². The predicted octanol–water partition coefficient (Wildman–Crippen LogP) is 15.2. The van der Waals surface area contributed by atoms with Gasteiger partial charge in [0.25, 0.3) is 0 Å². The van der Waals surface area contributed by atoms with Crippen LogP contribution >= 0.6 is 0 Å². The highest BCUT2D eigenvalue weighted by atomic mass is 16.3. The number of para-hydroxylation sites is 3. The number of rotatable bonds is 7. The summed E-state index contributed by atoms with van der Waals surface area (Å²) in [6.45, 7) is 0. The minimum absolute atomic E-state index is 0.905. The molecular weight excluding hydrogens is 693 g/mol. The normalized spacial score (nSPS) is 11.5. The smallest absolute Gasteiger partial charge is 0.135 e. The molecule has 0 saturated carbocycles. The first-order valence-corrected chi connectivity index (χ1v) is 19.4. The van der Waals surface area contributed by atoms with Crippen molar-refractivity contribution >= 4 is 60.8 Å². The van der Waals surface area contributed by atoms with Gasteiger partial charge in [-0.05, 0) is 112 Å². The number of furan rings is 1. The second kappa shape index (κ2) is 13.6. The molecule has 0 aliphatic carbocycles. The Morgan fingerprint density at radius 1 is 0.298 bits per heavy atom. The predicted molar refractivity (Wildman–Crippen MR) is 239 cm³/mol. The minimum Gasteiger partial charge on any atom is -0.456 e. The van der Waals surface area contributed by atoms with E-state index in [4.69, 9.17) is 4.42 Å². The van der Waals surface area contributed by atoms with Crippen molar-refractivity contribution in [3.8, 4) is 39.1 Å². The maximum Gasteiger partial charge on any atom is 0.135 e. The molecule has 3 nitrogen and oxygen atoms in total. The molecule has 0 amide bonds. The molecule has 0 aliphatic rings. The van der Waals surface area contributed by atoms with Crippen LogP contribution in [0.25, 0.3) is 82.8 Å². The fourth-order valence-electron chi connectivity index (χ4n) is 8.40. The van der Waals surface area contributed by atoms with Gasteiger partial charge in [-0.1, -0.05) is 140 Å². The summed E-state index contributed by atoms with van der Waals surface area (Å²) in [6.07, 6.45) is 0. The zero-order valence-electron chi connectivity index (χ0n) is 31.1. The van der Waals surface area contributed by atoms with Crippen LogP contribution < -0.4 is 4.90 Å². The number of benzene rings is 9. The number of nitrogens with zero attached hydrogens (tertiary/aromatic N) is 2. The van der Waals surface area contributed by atoms with Gasteiger partial charge < -0.3 is 13.9 Å². The summed E-state index contributed by atoms with van der Waals surface area (Å²) >= 11 is 0. The fourth-order valence-corrected chi connectivity index (χ4v) is 8.40. The summed E-state index contributed by atoms with van der Waals surface area (Å²) in [5, 5.41) is 4.71. The van der Waals surface area contributed by atoms with Gasteiger partial charge in [-0.3, -0.25) is 0 Å². The van der Waals surface area contributed by atoms with Crippen LogP contribution in [0.4, 0.5) is 17.1 Å². The summed E-state index contributed by atoms with van der Waals surface area (Å²) in [7, 11) is 0. The van der Waals surface area contributed by atoms with Crippen molar-refractivity contribution in [1.29, 1.82) is 0 Å². The molecule has 0 spiro atoms. The molecule has 0 bridgehead atoms. The van der Waals surface area contributed by atoms with E-state index in [1.807, 2.05) is 12.1 Å². The van der Waals surface area contributed by atoms with E-state index in [2.05, 4.69) is 216 Å². The average molecular weight is 729 g/mol. The second-order valence-corrected chi connectivity index (χ2v) is 14.6. The van der Waals surface area contributed by atoms with Crippen LogP contribution in [0.3, 0.4) is 0 Å². The van der Waals surface area contributed by atoms with E-state index >= 15 is 0 Å². The summed E-state index contributed by atoms with van der Waals surface area (Å²) in [4.78, 5) is 2.37. The number of hydrogen-bond acceptors (Lipinski definition) is 2. The Morgan fingerprint density at radius 3 is 1.46 bits per heavy atom. The van der Waals surface area contributed by atoms with Gasteiger partial charge in [0.05, 0.1) is 11.0 Å². The maximum atomic E-state index is 6.13. The Labute approximate surface area is 330 Å². The van der Waals surface area contributed by atoms with Gasteiger partial charge >= 0.3 is 0 Å². The molecule has 0 radical (unpaired) electrons. The Bertz CT molecular complexity index is 3200. The summed E-state index contributed by atoms with van der Waals surface area (Å²) in [5.41, 5.74) is 15.7. The molecule has 57 heavy (non-hydrogen) atoms. The highest BCUT2D eigenvalue weighted by Gasteiger charge is 2.18. The van der Waals surface area contributed by atoms with Crippen molar-refractivity contribution in [1.82, 2.24) is 4.57 Å². The molecule has 3 heteroatoms. The molecule has 0 aliphatic heterocycles. The first-order chi connectivity index (χ1) is 28.2. The zero-order valence-corrected chi connectivity index (χ0v) is 31.1. The first kappa shape index (κ1) is 32.8. The highest BCUT2D eigenvalue weighted by Crippen LogP contribution is 2.41. The topological polar surface area (TPSA) is 21.3 Å². The quantitative estimate of drug-likeness (QED) is 0.163. The van der Waals surface area contributed by atoms with Crippen LogP contribution in [-0.4, -0.2) is 4.57 Å². The number of anilines is 3. The molecule has 0 fully saturated rings. The van der Waals surface area contributed by atoms with E-state index in [0.29, 0.717) is 0 Å². The van der Waals surface area contributed by atoms with Crippen molar-refractivity contribution in [2.75, 3.05) is 4.90 Å². The lowest BCUT2D eigenvalue weighted by Crippen LogP contribution is -2.10. The van der Waals surface area contributed by atoms with Gasteiger partial charge in [0.2, 0.25) is 0 Å². The Kier molecular flexibility index (Phi) is 7.82. The highest BCUT2D eigenvalue weighted by molar-refractivity contribution is 6.11. The van der Waals surface area contributed by atoms with E-state index in [-0.39, 0.29) is 0 Å². The number of aromatic nitrogens is 1. The minimum atomic E-state index is 0.905. The van der Waals surface area contributed by atoms with E-state index in [9.17, 15) is 0 Å². The van der Waals surface area contributed by atoms with Crippen molar-refractivity contribution in [3.05, 3.63) is 218 Å². The molecule has 11 aromatic rings. The van der Waals surface area contributed by atoms with E-state index in [1.54, 1.807) is 0 Å². The molecule has 11 rings (SSSR count). The van der Waals surface area contributed by atoms with E-state index in [1.165, 1.54) is 44.1 Å². The SMILES string of the molecule is c1ccc(-c2ccc(-c3ccc(N(c4ccc(-c5ccc6oc7ccccc7c6c5)cc4)c4ccc5c(c4)c4ccccc4n5-c4ccccc4)cc3)cc2)cc1. The Morgan fingerprint density at radius 2 is 0.772 bits per heavy atom. The maximum absolute atomic E-state index is 6.13. The fraction of sp³-hybridized carbons (Fsp3) is 0. The van der Waals surface area contributed by atoms with Gasteiger partial charge in [-0.15, -0.1) is 0 Å². The third-order valence-electron chi connectivity index (χ3n) is 11.2. The summed E-state index contributed by atoms with van der Waals surface area (Å²) < 4.78 is 8.49. The van der Waals surface area contributed by atoms with Crippen LogP contribution in [0.15, 0.2) is 223 Å². The van der Waals surface area contributed by atoms with E-state index in [0.717, 1.165) is 55.8 Å². The monoisotopic (exact) mass is 728 g/mol. The van der Waals surface area contributed by atoms with Gasteiger partial charge in [-0.2, -0.15) is 0 Å². The average Bonchev–Trinajstić information content (AvgIpc) is 3.83. The molecule has 0 atom stereocenters. The third kappa shape index (κ3) is 5.76. The van der Waals surface area contributed by atoms with E-state index < -0.39 is 0 Å². The molecule has 0 unspecified atom stereocenters. The van der Waals surface area contributed by atoms with Gasteiger partial charge in [0.1, 0.15) is 11.2 Å². The lowest BCUT2D eigenvalue weighted by atomic mass is 10.00. The van der Waals surface area contributed by atoms with Crippen LogP contribution in [0, 0.1) is 0 Å². The van der Waals surface area contributed by atoms with Crippen molar-refractivity contribution in [2.24, 2.45) is 0 Å². The van der Waals surface area contributed by atoms with Gasteiger partial charge in [0, 0.05) is 44.3 Å². The van der Waals surface area contributed by atoms with Crippen molar-refractivity contribution in [2.45, 2.75) is 0 Å². The molecule has 2 aromatic heterocycles. The summed E-state index contributed by atoms with van der Waals surface area (Å²) in [6, 6.07) is 78.2. The van der Waals surface area contributed by atoms with Crippen molar-refractivity contribution < 1.29 is 4.42 Å². The molecule has 2 heterocycles.